The molecule has 0 saturated carbocycles. The Hall–Kier alpha value is -0.0400. The van der Waals surface area contributed by atoms with Crippen molar-refractivity contribution in [2.24, 2.45) is 5.92 Å². The Morgan fingerprint density at radius 1 is 1.08 bits per heavy atom. The summed E-state index contributed by atoms with van der Waals surface area (Å²) in [5, 5.41) is 0. The lowest BCUT2D eigenvalue weighted by atomic mass is 9.97. The van der Waals surface area contributed by atoms with Gasteiger partial charge < -0.3 is 4.90 Å². The van der Waals surface area contributed by atoms with Gasteiger partial charge in [-0.25, -0.2) is 0 Å². The van der Waals surface area contributed by atoms with Gasteiger partial charge in [0, 0.05) is 6.04 Å². The average molecular weight is 183 g/mol. The van der Waals surface area contributed by atoms with E-state index in [4.69, 9.17) is 0 Å². The van der Waals surface area contributed by atoms with E-state index in [1.807, 2.05) is 0 Å². The van der Waals surface area contributed by atoms with Crippen LogP contribution >= 0.6 is 0 Å². The molecule has 1 rings (SSSR count). The highest BCUT2D eigenvalue weighted by atomic mass is 15.2. The topological polar surface area (TPSA) is 3.24 Å². The summed E-state index contributed by atoms with van der Waals surface area (Å²) in [5.74, 6) is 0.908. The fourth-order valence-electron chi connectivity index (χ4n) is 2.31. The molecule has 1 heterocycles. The Labute approximate surface area is 83.5 Å². The average Bonchev–Trinajstić information content (AvgIpc) is 2.66. The molecule has 1 fully saturated rings. The van der Waals surface area contributed by atoms with E-state index in [2.05, 4.69) is 25.7 Å². The Morgan fingerprint density at radius 2 is 1.69 bits per heavy atom. The second-order valence-electron chi connectivity index (χ2n) is 4.55. The number of hydrogen-bond acceptors (Lipinski definition) is 1. The number of hydrogen-bond donors (Lipinski definition) is 0. The zero-order valence-electron chi connectivity index (χ0n) is 9.55. The Morgan fingerprint density at radius 3 is 2.15 bits per heavy atom. The van der Waals surface area contributed by atoms with E-state index in [-0.39, 0.29) is 0 Å². The lowest BCUT2D eigenvalue weighted by Crippen LogP contribution is -2.33. The molecule has 0 aliphatic carbocycles. The summed E-state index contributed by atoms with van der Waals surface area (Å²) in [7, 11) is 0. The lowest BCUT2D eigenvalue weighted by Gasteiger charge is -2.28. The molecule has 0 amide bonds. The van der Waals surface area contributed by atoms with Crippen molar-refractivity contribution in [1.82, 2.24) is 4.90 Å². The van der Waals surface area contributed by atoms with Crippen LogP contribution in [0.2, 0.25) is 0 Å². The third kappa shape index (κ3) is 3.30. The van der Waals surface area contributed by atoms with Crippen LogP contribution in [0.3, 0.4) is 0 Å². The van der Waals surface area contributed by atoms with Crippen LogP contribution < -0.4 is 0 Å². The highest BCUT2D eigenvalue weighted by molar-refractivity contribution is 4.76. The maximum absolute atomic E-state index is 2.70. The van der Waals surface area contributed by atoms with Crippen LogP contribution in [0.15, 0.2) is 0 Å². The highest BCUT2D eigenvalue weighted by Crippen LogP contribution is 2.21. The standard InChI is InChI=1S/C12H25N/c1-4-11(3)10-12(5-2)13-8-6-7-9-13/h11-12H,4-10H2,1-3H3. The number of rotatable bonds is 5. The summed E-state index contributed by atoms with van der Waals surface area (Å²) in [5.41, 5.74) is 0. The van der Waals surface area contributed by atoms with Gasteiger partial charge in [-0.3, -0.25) is 0 Å². The fraction of sp³-hybridized carbons (Fsp3) is 1.00. The van der Waals surface area contributed by atoms with Crippen LogP contribution in [0.5, 0.6) is 0 Å². The van der Waals surface area contributed by atoms with Crippen molar-refractivity contribution in [3.8, 4) is 0 Å². The smallest absolute Gasteiger partial charge is 0.00951 e. The minimum atomic E-state index is 0.873. The molecule has 78 valence electrons. The molecule has 0 aromatic carbocycles. The van der Waals surface area contributed by atoms with Crippen molar-refractivity contribution in [2.45, 2.75) is 58.9 Å². The Bertz CT molecular complexity index is 127. The van der Waals surface area contributed by atoms with E-state index in [0.29, 0.717) is 0 Å². The van der Waals surface area contributed by atoms with E-state index in [1.165, 1.54) is 45.2 Å². The first-order valence-corrected chi connectivity index (χ1v) is 6.02. The SMILES string of the molecule is CCC(C)CC(CC)N1CCCC1. The van der Waals surface area contributed by atoms with Crippen molar-refractivity contribution in [1.29, 1.82) is 0 Å². The molecule has 0 radical (unpaired) electrons. The Kier molecular flexibility index (Phi) is 4.79. The molecule has 0 N–H and O–H groups in total. The predicted molar refractivity (Wildman–Crippen MR) is 59.0 cm³/mol. The van der Waals surface area contributed by atoms with Gasteiger partial charge >= 0.3 is 0 Å². The molecule has 1 aliphatic heterocycles. The van der Waals surface area contributed by atoms with Crippen LogP contribution in [0, 0.1) is 5.92 Å². The summed E-state index contributed by atoms with van der Waals surface area (Å²) in [6.07, 6.45) is 6.94. The molecule has 0 spiro atoms. The number of nitrogens with zero attached hydrogens (tertiary/aromatic N) is 1. The summed E-state index contributed by atoms with van der Waals surface area (Å²) < 4.78 is 0. The van der Waals surface area contributed by atoms with E-state index >= 15 is 0 Å². The van der Waals surface area contributed by atoms with Gasteiger partial charge in [0.1, 0.15) is 0 Å². The van der Waals surface area contributed by atoms with Crippen molar-refractivity contribution in [2.75, 3.05) is 13.1 Å². The third-order valence-corrected chi connectivity index (χ3v) is 3.50. The van der Waals surface area contributed by atoms with Gasteiger partial charge in [0.05, 0.1) is 0 Å². The first-order valence-electron chi connectivity index (χ1n) is 6.02. The predicted octanol–water partition coefficient (Wildman–Crippen LogP) is 3.30. The van der Waals surface area contributed by atoms with Crippen molar-refractivity contribution >= 4 is 0 Å². The van der Waals surface area contributed by atoms with Gasteiger partial charge in [-0.15, -0.1) is 0 Å². The summed E-state index contributed by atoms with van der Waals surface area (Å²) in [4.78, 5) is 2.70. The second kappa shape index (κ2) is 5.64. The van der Waals surface area contributed by atoms with Gasteiger partial charge in [0.15, 0.2) is 0 Å². The number of likely N-dealkylation sites (tertiary alicyclic amines) is 1. The van der Waals surface area contributed by atoms with Crippen molar-refractivity contribution < 1.29 is 0 Å². The highest BCUT2D eigenvalue weighted by Gasteiger charge is 2.21. The minimum Gasteiger partial charge on any atom is -0.300 e. The first kappa shape index (κ1) is 11.0. The second-order valence-corrected chi connectivity index (χ2v) is 4.55. The summed E-state index contributed by atoms with van der Waals surface area (Å²) in [6.45, 7) is 9.75. The Balaban J connectivity index is 2.32. The van der Waals surface area contributed by atoms with E-state index in [1.54, 1.807) is 0 Å². The van der Waals surface area contributed by atoms with Crippen LogP contribution in [0.4, 0.5) is 0 Å². The maximum atomic E-state index is 2.70. The third-order valence-electron chi connectivity index (χ3n) is 3.50. The van der Waals surface area contributed by atoms with Crippen LogP contribution in [-0.2, 0) is 0 Å². The van der Waals surface area contributed by atoms with Gasteiger partial charge in [-0.1, -0.05) is 27.2 Å². The van der Waals surface area contributed by atoms with Crippen molar-refractivity contribution in [3.05, 3.63) is 0 Å². The molecule has 0 bridgehead atoms. The van der Waals surface area contributed by atoms with Crippen molar-refractivity contribution in [3.63, 3.8) is 0 Å². The van der Waals surface area contributed by atoms with E-state index in [0.717, 1.165) is 12.0 Å². The van der Waals surface area contributed by atoms with Gasteiger partial charge in [-0.05, 0) is 44.7 Å². The molecular formula is C12H25N. The summed E-state index contributed by atoms with van der Waals surface area (Å²) in [6, 6.07) is 0.873. The molecular weight excluding hydrogens is 158 g/mol. The molecule has 2 unspecified atom stereocenters. The first-order chi connectivity index (χ1) is 6.27. The summed E-state index contributed by atoms with van der Waals surface area (Å²) >= 11 is 0. The monoisotopic (exact) mass is 183 g/mol. The molecule has 2 atom stereocenters. The lowest BCUT2D eigenvalue weighted by molar-refractivity contribution is 0.201. The maximum Gasteiger partial charge on any atom is 0.00951 e. The minimum absolute atomic E-state index is 0.873. The fourth-order valence-corrected chi connectivity index (χ4v) is 2.31. The van der Waals surface area contributed by atoms with Crippen LogP contribution in [0.25, 0.3) is 0 Å². The van der Waals surface area contributed by atoms with Gasteiger partial charge in [-0.2, -0.15) is 0 Å². The normalized spacial score (nSPS) is 23.3. The van der Waals surface area contributed by atoms with E-state index in [9.17, 15) is 0 Å². The molecule has 1 heteroatoms. The molecule has 1 saturated heterocycles. The van der Waals surface area contributed by atoms with Gasteiger partial charge in [0.2, 0.25) is 0 Å². The molecule has 0 aromatic heterocycles. The quantitative estimate of drug-likeness (QED) is 0.632. The zero-order valence-corrected chi connectivity index (χ0v) is 9.55. The zero-order chi connectivity index (χ0) is 9.68. The molecule has 13 heavy (non-hydrogen) atoms. The van der Waals surface area contributed by atoms with Crippen LogP contribution in [-0.4, -0.2) is 24.0 Å². The van der Waals surface area contributed by atoms with Gasteiger partial charge in [0.25, 0.3) is 0 Å². The largest absolute Gasteiger partial charge is 0.300 e. The van der Waals surface area contributed by atoms with Crippen LogP contribution in [0.1, 0.15) is 52.9 Å². The molecule has 1 nitrogen and oxygen atoms in total. The molecule has 1 aliphatic rings. The molecule has 0 aromatic rings. The van der Waals surface area contributed by atoms with E-state index < -0.39 is 0 Å².